The Morgan fingerprint density at radius 2 is 1.66 bits per heavy atom. The monoisotopic (exact) mass is 515 g/mol. The summed E-state index contributed by atoms with van der Waals surface area (Å²) in [4.78, 5) is 25.0. The normalized spacial score (nSPS) is 17.9. The summed E-state index contributed by atoms with van der Waals surface area (Å²) in [6, 6.07) is 24.7. The SMILES string of the molecule is CCC(=O)Nc1ccc(CNCC(O)CC(Cc2ccccc2)C(=O)NC2c3ccccc3CC2O)cc1. The van der Waals surface area contributed by atoms with Gasteiger partial charge in [0.1, 0.15) is 0 Å². The molecule has 3 aromatic carbocycles. The van der Waals surface area contributed by atoms with Crippen LogP contribution in [0.2, 0.25) is 0 Å². The van der Waals surface area contributed by atoms with E-state index in [1.165, 1.54) is 0 Å². The largest absolute Gasteiger partial charge is 0.392 e. The molecule has 1 aliphatic rings. The van der Waals surface area contributed by atoms with Crippen molar-refractivity contribution in [2.75, 3.05) is 11.9 Å². The molecule has 4 rings (SSSR count). The number of carbonyl (C=O) groups excluding carboxylic acids is 2. The molecule has 0 bridgehead atoms. The zero-order valence-corrected chi connectivity index (χ0v) is 21.8. The molecule has 2 amide bonds. The second-order valence-electron chi connectivity index (χ2n) is 9.96. The number of carbonyl (C=O) groups is 2. The number of hydrogen-bond donors (Lipinski definition) is 5. The summed E-state index contributed by atoms with van der Waals surface area (Å²) in [5.74, 6) is -0.645. The molecule has 0 spiro atoms. The number of hydrogen-bond acceptors (Lipinski definition) is 5. The van der Waals surface area contributed by atoms with Gasteiger partial charge in [-0.1, -0.05) is 73.7 Å². The predicted octanol–water partition coefficient (Wildman–Crippen LogP) is 3.51. The highest BCUT2D eigenvalue weighted by Crippen LogP contribution is 2.32. The van der Waals surface area contributed by atoms with E-state index < -0.39 is 24.2 Å². The van der Waals surface area contributed by atoms with Crippen LogP contribution in [-0.2, 0) is 29.0 Å². The number of amides is 2. The van der Waals surface area contributed by atoms with Crippen molar-refractivity contribution in [1.29, 1.82) is 0 Å². The zero-order chi connectivity index (χ0) is 26.9. The predicted molar refractivity (Wildman–Crippen MR) is 148 cm³/mol. The third-order valence-electron chi connectivity index (χ3n) is 7.02. The maximum absolute atomic E-state index is 13.4. The van der Waals surface area contributed by atoms with Gasteiger partial charge in [-0.25, -0.2) is 0 Å². The van der Waals surface area contributed by atoms with Gasteiger partial charge in [0.25, 0.3) is 0 Å². The van der Waals surface area contributed by atoms with Crippen molar-refractivity contribution in [2.45, 2.75) is 57.4 Å². The van der Waals surface area contributed by atoms with E-state index >= 15 is 0 Å². The zero-order valence-electron chi connectivity index (χ0n) is 21.8. The molecule has 7 nitrogen and oxygen atoms in total. The number of fused-ring (bicyclic) bond motifs is 1. The lowest BCUT2D eigenvalue weighted by atomic mass is 9.92. The van der Waals surface area contributed by atoms with Gasteiger partial charge in [0.05, 0.1) is 18.2 Å². The minimum Gasteiger partial charge on any atom is -0.392 e. The van der Waals surface area contributed by atoms with Gasteiger partial charge < -0.3 is 26.2 Å². The number of anilines is 1. The van der Waals surface area contributed by atoms with Gasteiger partial charge in [-0.15, -0.1) is 0 Å². The van der Waals surface area contributed by atoms with Gasteiger partial charge in [-0.3, -0.25) is 9.59 Å². The first-order valence-electron chi connectivity index (χ1n) is 13.3. The molecular weight excluding hydrogens is 478 g/mol. The average Bonchev–Trinajstić information content (AvgIpc) is 3.24. The van der Waals surface area contributed by atoms with Crippen LogP contribution < -0.4 is 16.0 Å². The molecule has 0 aliphatic heterocycles. The summed E-state index contributed by atoms with van der Waals surface area (Å²) >= 11 is 0. The average molecular weight is 516 g/mol. The van der Waals surface area contributed by atoms with E-state index in [9.17, 15) is 19.8 Å². The Morgan fingerprint density at radius 3 is 2.39 bits per heavy atom. The van der Waals surface area contributed by atoms with Gasteiger partial charge in [0.15, 0.2) is 0 Å². The standard InChI is InChI=1S/C31H37N3O4/c1-2-29(37)33-25-14-12-22(13-15-25)19-32-20-26(35)17-24(16-21-8-4-3-5-9-21)31(38)34-30-27-11-7-6-10-23(27)18-28(30)36/h3-15,24,26,28,30,32,35-36H,2,16-20H2,1H3,(H,33,37)(H,34,38). The van der Waals surface area contributed by atoms with E-state index in [1.54, 1.807) is 0 Å². The second-order valence-corrected chi connectivity index (χ2v) is 9.96. The fourth-order valence-electron chi connectivity index (χ4n) is 4.95. The first kappa shape index (κ1) is 27.5. The van der Waals surface area contributed by atoms with Crippen LogP contribution in [0.25, 0.3) is 0 Å². The van der Waals surface area contributed by atoms with Crippen molar-refractivity contribution in [2.24, 2.45) is 5.92 Å². The van der Waals surface area contributed by atoms with Crippen LogP contribution >= 0.6 is 0 Å². The highest BCUT2D eigenvalue weighted by Gasteiger charge is 2.34. The van der Waals surface area contributed by atoms with Gasteiger partial charge in [0, 0.05) is 37.5 Å². The van der Waals surface area contributed by atoms with E-state index in [0.717, 1.165) is 27.9 Å². The molecule has 5 N–H and O–H groups in total. The molecule has 0 heterocycles. The molecular formula is C31H37N3O4. The van der Waals surface area contributed by atoms with Crippen molar-refractivity contribution in [3.05, 3.63) is 101 Å². The summed E-state index contributed by atoms with van der Waals surface area (Å²) in [5.41, 5.74) is 4.81. The molecule has 1 aliphatic carbocycles. The summed E-state index contributed by atoms with van der Waals surface area (Å²) < 4.78 is 0. The minimum absolute atomic E-state index is 0.0280. The van der Waals surface area contributed by atoms with Crippen molar-refractivity contribution in [1.82, 2.24) is 10.6 Å². The maximum Gasteiger partial charge on any atom is 0.224 e. The van der Waals surface area contributed by atoms with Crippen molar-refractivity contribution >= 4 is 17.5 Å². The summed E-state index contributed by atoms with van der Waals surface area (Å²) in [6.45, 7) is 2.70. The van der Waals surface area contributed by atoms with E-state index in [2.05, 4.69) is 16.0 Å². The molecule has 200 valence electrons. The fraction of sp³-hybridized carbons (Fsp3) is 0.355. The van der Waals surface area contributed by atoms with Crippen LogP contribution in [-0.4, -0.2) is 40.8 Å². The fourth-order valence-corrected chi connectivity index (χ4v) is 4.95. The number of nitrogens with one attached hydrogen (secondary N) is 3. The molecule has 0 saturated heterocycles. The first-order valence-corrected chi connectivity index (χ1v) is 13.3. The van der Waals surface area contributed by atoms with Crippen LogP contribution in [0.15, 0.2) is 78.9 Å². The lowest BCUT2D eigenvalue weighted by molar-refractivity contribution is -0.127. The Labute approximate surface area is 224 Å². The molecule has 38 heavy (non-hydrogen) atoms. The number of rotatable bonds is 12. The van der Waals surface area contributed by atoms with Crippen molar-refractivity contribution in [3.8, 4) is 0 Å². The molecule has 0 fully saturated rings. The molecule has 0 saturated carbocycles. The van der Waals surface area contributed by atoms with Crippen LogP contribution in [0.5, 0.6) is 0 Å². The van der Waals surface area contributed by atoms with Crippen LogP contribution in [0.4, 0.5) is 5.69 Å². The highest BCUT2D eigenvalue weighted by molar-refractivity contribution is 5.90. The summed E-state index contributed by atoms with van der Waals surface area (Å²) in [7, 11) is 0. The summed E-state index contributed by atoms with van der Waals surface area (Å²) in [6.07, 6.45) is 0.349. The Morgan fingerprint density at radius 1 is 0.947 bits per heavy atom. The number of aliphatic hydroxyl groups excluding tert-OH is 2. The Bertz CT molecular complexity index is 1200. The number of aliphatic hydroxyl groups is 2. The molecule has 4 unspecified atom stereocenters. The number of benzene rings is 3. The highest BCUT2D eigenvalue weighted by atomic mass is 16.3. The Kier molecular flexibility index (Phi) is 9.65. The third kappa shape index (κ3) is 7.51. The van der Waals surface area contributed by atoms with Crippen molar-refractivity contribution in [3.63, 3.8) is 0 Å². The third-order valence-corrected chi connectivity index (χ3v) is 7.02. The maximum atomic E-state index is 13.4. The summed E-state index contributed by atoms with van der Waals surface area (Å²) in [5, 5.41) is 30.6. The minimum atomic E-state index is -0.724. The quantitative estimate of drug-likeness (QED) is 0.254. The lowest BCUT2D eigenvalue weighted by Crippen LogP contribution is -2.40. The van der Waals surface area contributed by atoms with E-state index in [1.807, 2.05) is 85.8 Å². The lowest BCUT2D eigenvalue weighted by Gasteiger charge is -2.24. The van der Waals surface area contributed by atoms with Crippen LogP contribution in [0.1, 0.15) is 48.1 Å². The Balaban J connectivity index is 1.34. The topological polar surface area (TPSA) is 111 Å². The Hall–Kier alpha value is -3.52. The van der Waals surface area contributed by atoms with E-state index in [-0.39, 0.29) is 11.8 Å². The van der Waals surface area contributed by atoms with Gasteiger partial charge >= 0.3 is 0 Å². The van der Waals surface area contributed by atoms with Crippen molar-refractivity contribution < 1.29 is 19.8 Å². The van der Waals surface area contributed by atoms with Gasteiger partial charge in [0.2, 0.25) is 11.8 Å². The van der Waals surface area contributed by atoms with Crippen LogP contribution in [0.3, 0.4) is 0 Å². The van der Waals surface area contributed by atoms with Gasteiger partial charge in [-0.2, -0.15) is 0 Å². The molecule has 4 atom stereocenters. The molecule has 0 aromatic heterocycles. The second kappa shape index (κ2) is 13.3. The van der Waals surface area contributed by atoms with E-state index in [4.69, 9.17) is 0 Å². The molecule has 0 radical (unpaired) electrons. The van der Waals surface area contributed by atoms with E-state index in [0.29, 0.717) is 38.8 Å². The first-order chi connectivity index (χ1) is 18.4. The molecule has 7 heteroatoms. The van der Waals surface area contributed by atoms with Crippen LogP contribution in [0, 0.1) is 5.92 Å². The van der Waals surface area contributed by atoms with Gasteiger partial charge in [-0.05, 0) is 47.2 Å². The molecule has 3 aromatic rings. The smallest absolute Gasteiger partial charge is 0.224 e.